The third-order valence-electron chi connectivity index (χ3n) is 5.09. The molecule has 1 amide bonds. The largest absolute Gasteiger partial charge is 0.424 e. The van der Waals surface area contributed by atoms with Gasteiger partial charge in [-0.05, 0) is 25.0 Å². The Balaban J connectivity index is 1.48. The Morgan fingerprint density at radius 3 is 2.50 bits per heavy atom. The number of para-hydroxylation sites is 1. The molecule has 7 nitrogen and oxygen atoms in total. The van der Waals surface area contributed by atoms with E-state index in [1.54, 1.807) is 23.1 Å². The van der Waals surface area contributed by atoms with E-state index in [-0.39, 0.29) is 22.8 Å². The Morgan fingerprint density at radius 1 is 1.11 bits per heavy atom. The first kappa shape index (κ1) is 18.4. The zero-order valence-corrected chi connectivity index (χ0v) is 16.3. The quantitative estimate of drug-likeness (QED) is 0.631. The molecule has 1 fully saturated rings. The molecule has 0 spiro atoms. The standard InChI is InChI=1S/C21H23N3O4/c1-21(2,3)20-23-22-17(28-20)13-8-10-24(11-9-13)18(25)15-12-14-6-4-5-7-16(14)27-19(15)26/h4-7,12-13H,8-11H2,1-3H3. The maximum atomic E-state index is 12.9. The highest BCUT2D eigenvalue weighted by atomic mass is 16.4. The third-order valence-corrected chi connectivity index (χ3v) is 5.09. The summed E-state index contributed by atoms with van der Waals surface area (Å²) in [7, 11) is 0. The number of hydrogen-bond acceptors (Lipinski definition) is 6. The molecule has 7 heteroatoms. The van der Waals surface area contributed by atoms with Crippen molar-refractivity contribution in [2.75, 3.05) is 13.1 Å². The fourth-order valence-corrected chi connectivity index (χ4v) is 3.41. The van der Waals surface area contributed by atoms with Crippen molar-refractivity contribution in [2.45, 2.75) is 44.9 Å². The van der Waals surface area contributed by atoms with Gasteiger partial charge in [-0.15, -0.1) is 10.2 Å². The van der Waals surface area contributed by atoms with Gasteiger partial charge in [0, 0.05) is 29.8 Å². The molecule has 1 saturated heterocycles. The Bertz CT molecular complexity index is 1070. The van der Waals surface area contributed by atoms with Gasteiger partial charge < -0.3 is 13.7 Å². The van der Waals surface area contributed by atoms with Crippen molar-refractivity contribution in [3.63, 3.8) is 0 Å². The minimum absolute atomic E-state index is 0.0740. The normalized spacial score (nSPS) is 15.9. The van der Waals surface area contributed by atoms with Gasteiger partial charge in [-0.1, -0.05) is 39.0 Å². The molecule has 0 saturated carbocycles. The van der Waals surface area contributed by atoms with Gasteiger partial charge in [0.25, 0.3) is 5.91 Å². The van der Waals surface area contributed by atoms with E-state index in [4.69, 9.17) is 8.83 Å². The number of amides is 1. The summed E-state index contributed by atoms with van der Waals surface area (Å²) in [5.41, 5.74) is -0.234. The molecule has 3 aromatic rings. The number of fused-ring (bicyclic) bond motifs is 1. The summed E-state index contributed by atoms with van der Waals surface area (Å²) in [6.07, 6.45) is 1.44. The van der Waals surface area contributed by atoms with Gasteiger partial charge in [0.15, 0.2) is 0 Å². The van der Waals surface area contributed by atoms with Crippen molar-refractivity contribution in [3.8, 4) is 0 Å². The van der Waals surface area contributed by atoms with Crippen LogP contribution in [0.15, 0.2) is 44.0 Å². The molecule has 1 aliphatic heterocycles. The van der Waals surface area contributed by atoms with Crippen LogP contribution in [0.5, 0.6) is 0 Å². The van der Waals surface area contributed by atoms with E-state index >= 15 is 0 Å². The minimum Gasteiger partial charge on any atom is -0.424 e. The van der Waals surface area contributed by atoms with Gasteiger partial charge in [0.1, 0.15) is 11.1 Å². The van der Waals surface area contributed by atoms with Gasteiger partial charge in [-0.25, -0.2) is 4.79 Å². The van der Waals surface area contributed by atoms with Crippen LogP contribution in [0.25, 0.3) is 11.0 Å². The highest BCUT2D eigenvalue weighted by Gasteiger charge is 2.30. The lowest BCUT2D eigenvalue weighted by Crippen LogP contribution is -2.39. The number of aromatic nitrogens is 2. The molecular formula is C21H23N3O4. The van der Waals surface area contributed by atoms with Gasteiger partial charge in [-0.3, -0.25) is 4.79 Å². The minimum atomic E-state index is -0.599. The number of likely N-dealkylation sites (tertiary alicyclic amines) is 1. The highest BCUT2D eigenvalue weighted by Crippen LogP contribution is 2.30. The van der Waals surface area contributed by atoms with E-state index in [9.17, 15) is 9.59 Å². The summed E-state index contributed by atoms with van der Waals surface area (Å²) in [4.78, 5) is 26.8. The second-order valence-electron chi connectivity index (χ2n) is 8.25. The van der Waals surface area contributed by atoms with E-state index in [2.05, 4.69) is 10.2 Å². The topological polar surface area (TPSA) is 89.4 Å². The molecule has 0 aliphatic carbocycles. The Kier molecular flexibility index (Phi) is 4.53. The average Bonchev–Trinajstić information content (AvgIpc) is 3.18. The molecular weight excluding hydrogens is 358 g/mol. The average molecular weight is 381 g/mol. The molecule has 0 atom stereocenters. The van der Waals surface area contributed by atoms with E-state index < -0.39 is 5.63 Å². The zero-order valence-electron chi connectivity index (χ0n) is 16.3. The second kappa shape index (κ2) is 6.89. The summed E-state index contributed by atoms with van der Waals surface area (Å²) < 4.78 is 11.1. The predicted octanol–water partition coefficient (Wildman–Crippen LogP) is 3.49. The molecule has 3 heterocycles. The van der Waals surface area contributed by atoms with Crippen molar-refractivity contribution < 1.29 is 13.6 Å². The molecule has 146 valence electrons. The molecule has 4 rings (SSSR count). The van der Waals surface area contributed by atoms with Crippen LogP contribution >= 0.6 is 0 Å². The lowest BCUT2D eigenvalue weighted by atomic mass is 9.96. The van der Waals surface area contributed by atoms with Gasteiger partial charge in [0.2, 0.25) is 11.8 Å². The Labute approximate surface area is 162 Å². The fourth-order valence-electron chi connectivity index (χ4n) is 3.41. The van der Waals surface area contributed by atoms with E-state index in [0.717, 1.165) is 18.2 Å². The van der Waals surface area contributed by atoms with Crippen molar-refractivity contribution in [2.24, 2.45) is 0 Å². The predicted molar refractivity (Wildman–Crippen MR) is 103 cm³/mol. The van der Waals surface area contributed by atoms with Crippen LogP contribution in [-0.4, -0.2) is 34.1 Å². The van der Waals surface area contributed by atoms with Crippen molar-refractivity contribution in [1.29, 1.82) is 0 Å². The summed E-state index contributed by atoms with van der Waals surface area (Å²) in [6.45, 7) is 7.15. The van der Waals surface area contributed by atoms with Gasteiger partial charge in [0.05, 0.1) is 0 Å². The van der Waals surface area contributed by atoms with Crippen LogP contribution in [0.3, 0.4) is 0 Å². The lowest BCUT2D eigenvalue weighted by Gasteiger charge is -2.30. The second-order valence-corrected chi connectivity index (χ2v) is 8.25. The maximum Gasteiger partial charge on any atom is 0.349 e. The van der Waals surface area contributed by atoms with Crippen LogP contribution in [0.2, 0.25) is 0 Å². The first-order valence-corrected chi connectivity index (χ1v) is 9.49. The van der Waals surface area contributed by atoms with Crippen molar-refractivity contribution in [1.82, 2.24) is 15.1 Å². The van der Waals surface area contributed by atoms with Crippen LogP contribution in [-0.2, 0) is 5.41 Å². The summed E-state index contributed by atoms with van der Waals surface area (Å²) in [5, 5.41) is 9.09. The number of benzene rings is 1. The number of hydrogen-bond donors (Lipinski definition) is 0. The van der Waals surface area contributed by atoms with Gasteiger partial charge in [-0.2, -0.15) is 0 Å². The molecule has 0 radical (unpaired) electrons. The van der Waals surface area contributed by atoms with Crippen LogP contribution < -0.4 is 5.63 Å². The molecule has 0 N–H and O–H groups in total. The van der Waals surface area contributed by atoms with E-state index in [1.165, 1.54) is 0 Å². The third kappa shape index (κ3) is 3.44. The van der Waals surface area contributed by atoms with Crippen molar-refractivity contribution in [3.05, 3.63) is 58.1 Å². The smallest absolute Gasteiger partial charge is 0.349 e. The molecule has 2 aromatic heterocycles. The maximum absolute atomic E-state index is 12.9. The lowest BCUT2D eigenvalue weighted by molar-refractivity contribution is 0.0701. The van der Waals surface area contributed by atoms with Gasteiger partial charge >= 0.3 is 5.63 Å². The number of carbonyl (C=O) groups excluding carboxylic acids is 1. The summed E-state index contributed by atoms with van der Waals surface area (Å²) in [6, 6.07) is 8.79. The highest BCUT2D eigenvalue weighted by molar-refractivity contribution is 5.96. The van der Waals surface area contributed by atoms with E-state index in [0.29, 0.717) is 30.5 Å². The Hall–Kier alpha value is -2.96. The molecule has 0 unspecified atom stereocenters. The molecule has 28 heavy (non-hydrogen) atoms. The van der Waals surface area contributed by atoms with Crippen LogP contribution in [0.1, 0.15) is 61.7 Å². The molecule has 1 aliphatic rings. The zero-order chi connectivity index (χ0) is 19.9. The summed E-state index contributed by atoms with van der Waals surface area (Å²) in [5.74, 6) is 1.08. The molecule has 0 bridgehead atoms. The number of rotatable bonds is 2. The van der Waals surface area contributed by atoms with Crippen LogP contribution in [0.4, 0.5) is 0 Å². The first-order valence-electron chi connectivity index (χ1n) is 9.49. The first-order chi connectivity index (χ1) is 13.3. The SMILES string of the molecule is CC(C)(C)c1nnc(C2CCN(C(=O)c3cc4ccccc4oc3=O)CC2)o1. The van der Waals surface area contributed by atoms with Crippen LogP contribution in [0, 0.1) is 0 Å². The summed E-state index contributed by atoms with van der Waals surface area (Å²) >= 11 is 0. The number of nitrogens with zero attached hydrogens (tertiary/aromatic N) is 3. The van der Waals surface area contributed by atoms with E-state index in [1.807, 2.05) is 32.9 Å². The van der Waals surface area contributed by atoms with Crippen molar-refractivity contribution >= 4 is 16.9 Å². The fraction of sp³-hybridized carbons (Fsp3) is 0.429. The monoisotopic (exact) mass is 381 g/mol. The molecule has 1 aromatic carbocycles. The number of carbonyl (C=O) groups is 1. The number of piperidine rings is 1. The Morgan fingerprint density at radius 2 is 1.82 bits per heavy atom.